The Morgan fingerprint density at radius 2 is 2.04 bits per heavy atom. The first-order valence-electron chi connectivity index (χ1n) is 7.27. The summed E-state index contributed by atoms with van der Waals surface area (Å²) in [6.07, 6.45) is 2.86. The Morgan fingerprint density at radius 3 is 2.74 bits per heavy atom. The first-order chi connectivity index (χ1) is 11.0. The Hall–Kier alpha value is -2.83. The third kappa shape index (κ3) is 2.90. The van der Waals surface area contributed by atoms with Gasteiger partial charge >= 0.3 is 5.97 Å². The molecule has 1 N–H and O–H groups in total. The molecule has 1 aliphatic heterocycles. The van der Waals surface area contributed by atoms with Gasteiger partial charge in [-0.2, -0.15) is 0 Å². The summed E-state index contributed by atoms with van der Waals surface area (Å²) in [6.45, 7) is 0.832. The van der Waals surface area contributed by atoms with Gasteiger partial charge in [0.25, 0.3) is 5.56 Å². The summed E-state index contributed by atoms with van der Waals surface area (Å²) in [5.41, 5.74) is 3.04. The molecule has 23 heavy (non-hydrogen) atoms. The van der Waals surface area contributed by atoms with Crippen LogP contribution in [0.5, 0.6) is 0 Å². The van der Waals surface area contributed by atoms with E-state index in [1.165, 1.54) is 17.0 Å². The number of carbonyl (C=O) groups is 1. The lowest BCUT2D eigenvalue weighted by Gasteiger charge is -2.16. The molecule has 0 aliphatic carbocycles. The summed E-state index contributed by atoms with van der Waals surface area (Å²) in [7, 11) is 3.97. The number of aliphatic carboxylic acids is 1. The minimum atomic E-state index is -1.05. The molecule has 2 heterocycles. The molecule has 0 bridgehead atoms. The average Bonchev–Trinajstić information content (AvgIpc) is 2.91. The average molecular weight is 314 g/mol. The minimum absolute atomic E-state index is 0.288. The van der Waals surface area contributed by atoms with Crippen molar-refractivity contribution in [3.8, 4) is 0 Å². The van der Waals surface area contributed by atoms with Crippen LogP contribution in [0.15, 0.2) is 35.4 Å². The van der Waals surface area contributed by atoms with E-state index >= 15 is 0 Å². The number of benzene rings is 1. The van der Waals surface area contributed by atoms with Gasteiger partial charge in [0.1, 0.15) is 6.54 Å². The normalized spacial score (nSPS) is 13.0. The van der Waals surface area contributed by atoms with Crippen molar-refractivity contribution in [3.05, 3.63) is 52.1 Å². The maximum Gasteiger partial charge on any atom is 0.323 e. The lowest BCUT2D eigenvalue weighted by Crippen LogP contribution is -2.31. The lowest BCUT2D eigenvalue weighted by molar-refractivity contribution is -0.137. The fraction of sp³-hybridized carbons (Fsp3) is 0.312. The van der Waals surface area contributed by atoms with Gasteiger partial charge in [-0.3, -0.25) is 14.2 Å². The summed E-state index contributed by atoms with van der Waals surface area (Å²) in [5.74, 6) is -0.763. The molecule has 3 rings (SSSR count). The van der Waals surface area contributed by atoms with Gasteiger partial charge in [-0.05, 0) is 23.3 Å². The summed E-state index contributed by atoms with van der Waals surface area (Å²) >= 11 is 0. The summed E-state index contributed by atoms with van der Waals surface area (Å²) < 4.78 is 1.17. The molecule has 120 valence electrons. The van der Waals surface area contributed by atoms with Crippen LogP contribution in [0.1, 0.15) is 11.1 Å². The molecule has 1 aromatic carbocycles. The van der Waals surface area contributed by atoms with Gasteiger partial charge in [0, 0.05) is 45.3 Å². The van der Waals surface area contributed by atoms with Crippen LogP contribution in [-0.4, -0.2) is 34.7 Å². The molecule has 0 saturated heterocycles. The number of hydrogen-bond acceptors (Lipinski definition) is 5. The maximum atomic E-state index is 12.4. The highest BCUT2D eigenvalue weighted by atomic mass is 16.4. The lowest BCUT2D eigenvalue weighted by atomic mass is 10.1. The van der Waals surface area contributed by atoms with Crippen molar-refractivity contribution in [2.24, 2.45) is 0 Å². The van der Waals surface area contributed by atoms with Crippen LogP contribution in [0.2, 0.25) is 0 Å². The van der Waals surface area contributed by atoms with Crippen LogP contribution >= 0.6 is 0 Å². The number of rotatable bonds is 4. The monoisotopic (exact) mass is 314 g/mol. The molecule has 0 fully saturated rings. The van der Waals surface area contributed by atoms with Crippen LogP contribution in [0.25, 0.3) is 0 Å². The van der Waals surface area contributed by atoms with Gasteiger partial charge in [0.2, 0.25) is 0 Å². The standard InChI is InChI=1S/C16H18N4O3/c1-18(2)13-4-3-11-8-20(9-12(11)7-13)15-16(23)19(6-5-17-15)10-14(21)22/h3-7H,8-10H2,1-2H3,(H,21,22). The molecular weight excluding hydrogens is 296 g/mol. The van der Waals surface area contributed by atoms with E-state index in [0.29, 0.717) is 13.1 Å². The Morgan fingerprint density at radius 1 is 1.30 bits per heavy atom. The van der Waals surface area contributed by atoms with Crippen LogP contribution in [-0.2, 0) is 24.4 Å². The van der Waals surface area contributed by atoms with Crippen molar-refractivity contribution in [2.45, 2.75) is 19.6 Å². The Balaban J connectivity index is 1.90. The number of hydrogen-bond donors (Lipinski definition) is 1. The van der Waals surface area contributed by atoms with E-state index in [4.69, 9.17) is 5.11 Å². The Kier molecular flexibility index (Phi) is 3.77. The zero-order valence-corrected chi connectivity index (χ0v) is 13.1. The molecule has 0 amide bonds. The fourth-order valence-electron chi connectivity index (χ4n) is 2.73. The van der Waals surface area contributed by atoms with Gasteiger partial charge in [-0.25, -0.2) is 4.98 Å². The summed E-state index contributed by atoms with van der Waals surface area (Å²) in [4.78, 5) is 31.3. The topological polar surface area (TPSA) is 78.7 Å². The van der Waals surface area contributed by atoms with Crippen LogP contribution in [0, 0.1) is 0 Å². The van der Waals surface area contributed by atoms with Gasteiger partial charge in [-0.1, -0.05) is 6.07 Å². The number of carboxylic acids is 1. The van der Waals surface area contributed by atoms with Gasteiger partial charge < -0.3 is 14.9 Å². The largest absolute Gasteiger partial charge is 0.480 e. The summed E-state index contributed by atoms with van der Waals surface area (Å²) in [6, 6.07) is 6.21. The van der Waals surface area contributed by atoms with Crippen molar-refractivity contribution in [3.63, 3.8) is 0 Å². The van der Waals surface area contributed by atoms with Gasteiger partial charge in [0.15, 0.2) is 5.82 Å². The van der Waals surface area contributed by atoms with E-state index in [9.17, 15) is 9.59 Å². The number of nitrogens with zero attached hydrogens (tertiary/aromatic N) is 4. The predicted molar refractivity (Wildman–Crippen MR) is 86.8 cm³/mol. The van der Waals surface area contributed by atoms with Crippen molar-refractivity contribution >= 4 is 17.5 Å². The molecule has 0 unspecified atom stereocenters. The second-order valence-electron chi connectivity index (χ2n) is 5.78. The van der Waals surface area contributed by atoms with Crippen LogP contribution < -0.4 is 15.4 Å². The zero-order chi connectivity index (χ0) is 16.6. The minimum Gasteiger partial charge on any atom is -0.480 e. The smallest absolute Gasteiger partial charge is 0.323 e. The van der Waals surface area contributed by atoms with E-state index < -0.39 is 5.97 Å². The zero-order valence-electron chi connectivity index (χ0n) is 13.1. The van der Waals surface area contributed by atoms with Crippen molar-refractivity contribution in [1.82, 2.24) is 9.55 Å². The van der Waals surface area contributed by atoms with E-state index in [1.807, 2.05) is 30.0 Å². The fourth-order valence-corrected chi connectivity index (χ4v) is 2.73. The van der Waals surface area contributed by atoms with E-state index in [0.717, 1.165) is 16.8 Å². The quantitative estimate of drug-likeness (QED) is 0.904. The first-order valence-corrected chi connectivity index (χ1v) is 7.27. The maximum absolute atomic E-state index is 12.4. The second-order valence-corrected chi connectivity index (χ2v) is 5.78. The number of aromatic nitrogens is 2. The first kappa shape index (κ1) is 15.1. The predicted octanol–water partition coefficient (Wildman–Crippen LogP) is 0.914. The van der Waals surface area contributed by atoms with E-state index in [1.54, 1.807) is 0 Å². The third-order valence-electron chi connectivity index (χ3n) is 3.93. The molecule has 7 nitrogen and oxygen atoms in total. The number of anilines is 2. The number of fused-ring (bicyclic) bond motifs is 1. The molecule has 0 spiro atoms. The van der Waals surface area contributed by atoms with E-state index in [2.05, 4.69) is 17.1 Å². The molecular formula is C16H18N4O3. The highest BCUT2D eigenvalue weighted by Crippen LogP contribution is 2.28. The van der Waals surface area contributed by atoms with Crippen molar-refractivity contribution in [2.75, 3.05) is 23.9 Å². The molecule has 0 radical (unpaired) electrons. The van der Waals surface area contributed by atoms with Crippen LogP contribution in [0.3, 0.4) is 0 Å². The molecule has 0 atom stereocenters. The summed E-state index contributed by atoms with van der Waals surface area (Å²) in [5, 5.41) is 8.87. The molecule has 7 heteroatoms. The SMILES string of the molecule is CN(C)c1ccc2c(c1)CN(c1nccn(CC(=O)O)c1=O)C2. The Labute approximate surface area is 133 Å². The highest BCUT2D eigenvalue weighted by Gasteiger charge is 2.23. The van der Waals surface area contributed by atoms with Crippen molar-refractivity contribution in [1.29, 1.82) is 0 Å². The van der Waals surface area contributed by atoms with Crippen molar-refractivity contribution < 1.29 is 9.90 Å². The van der Waals surface area contributed by atoms with E-state index in [-0.39, 0.29) is 17.9 Å². The third-order valence-corrected chi connectivity index (χ3v) is 3.93. The molecule has 0 saturated carbocycles. The molecule has 1 aliphatic rings. The second kappa shape index (κ2) is 5.75. The van der Waals surface area contributed by atoms with Crippen LogP contribution in [0.4, 0.5) is 11.5 Å². The number of carboxylic acid groups (broad SMARTS) is 1. The molecule has 2 aromatic rings. The Bertz CT molecular complexity index is 813. The van der Waals surface area contributed by atoms with Gasteiger partial charge in [0.05, 0.1) is 0 Å². The molecule has 1 aromatic heterocycles. The van der Waals surface area contributed by atoms with Gasteiger partial charge in [-0.15, -0.1) is 0 Å². The highest BCUT2D eigenvalue weighted by molar-refractivity contribution is 5.66.